The lowest BCUT2D eigenvalue weighted by molar-refractivity contribution is -0.147. The first kappa shape index (κ1) is 19.6. The van der Waals surface area contributed by atoms with Crippen molar-refractivity contribution in [2.24, 2.45) is 11.8 Å². The maximum Gasteiger partial charge on any atom is 0.316 e. The number of anilines is 2. The molecule has 1 aliphatic rings. The van der Waals surface area contributed by atoms with E-state index in [1.807, 2.05) is 6.07 Å². The molecule has 0 atom stereocenters. The van der Waals surface area contributed by atoms with Crippen LogP contribution < -0.4 is 10.6 Å². The van der Waals surface area contributed by atoms with E-state index < -0.39 is 5.41 Å². The first-order valence-electron chi connectivity index (χ1n) is 9.53. The van der Waals surface area contributed by atoms with Crippen molar-refractivity contribution in [3.05, 3.63) is 23.8 Å². The largest absolute Gasteiger partial charge is 0.468 e. The van der Waals surface area contributed by atoms with Gasteiger partial charge in [0.05, 0.1) is 23.9 Å². The van der Waals surface area contributed by atoms with Crippen molar-refractivity contribution in [1.29, 1.82) is 0 Å². The maximum atomic E-state index is 12.5. The zero-order valence-electron chi connectivity index (χ0n) is 16.5. The normalized spacial score (nSPS) is 16.4. The Morgan fingerprint density at radius 3 is 2.16 bits per heavy atom. The van der Waals surface area contributed by atoms with Gasteiger partial charge in [-0.2, -0.15) is 0 Å². The van der Waals surface area contributed by atoms with E-state index in [4.69, 9.17) is 10.5 Å². The number of carbonyl (C=O) groups excluding carboxylic acids is 1. The summed E-state index contributed by atoms with van der Waals surface area (Å²) in [7, 11) is 1.48. The number of nitrogens with two attached hydrogens (primary N) is 1. The fraction of sp³-hybridized carbons (Fsp3) is 0.667. The first-order valence-corrected chi connectivity index (χ1v) is 9.53. The van der Waals surface area contributed by atoms with Crippen LogP contribution in [0, 0.1) is 11.8 Å². The number of hydrogen-bond donors (Lipinski definition) is 1. The minimum absolute atomic E-state index is 0.127. The number of ether oxygens (including phenoxy) is 1. The van der Waals surface area contributed by atoms with Crippen LogP contribution in [0.15, 0.2) is 18.2 Å². The summed E-state index contributed by atoms with van der Waals surface area (Å²) in [4.78, 5) is 14.9. The van der Waals surface area contributed by atoms with Crippen LogP contribution in [-0.4, -0.2) is 26.2 Å². The molecule has 0 aromatic heterocycles. The zero-order chi connectivity index (χ0) is 18.6. The maximum absolute atomic E-state index is 12.5. The van der Waals surface area contributed by atoms with Crippen LogP contribution in [0.4, 0.5) is 11.4 Å². The number of hydrogen-bond acceptors (Lipinski definition) is 4. The van der Waals surface area contributed by atoms with Gasteiger partial charge in [0.1, 0.15) is 0 Å². The summed E-state index contributed by atoms with van der Waals surface area (Å²) in [5.74, 6) is 1.00. The molecule has 1 aromatic carbocycles. The molecule has 0 bridgehead atoms. The minimum Gasteiger partial charge on any atom is -0.468 e. The summed E-state index contributed by atoms with van der Waals surface area (Å²) in [5.41, 5.74) is 8.77. The smallest absolute Gasteiger partial charge is 0.316 e. The summed E-state index contributed by atoms with van der Waals surface area (Å²) in [6.07, 6.45) is 3.81. The number of nitrogens with zero attached hydrogens (tertiary/aromatic N) is 1. The van der Waals surface area contributed by atoms with Gasteiger partial charge in [0, 0.05) is 13.1 Å². The van der Waals surface area contributed by atoms with Crippen LogP contribution in [0.25, 0.3) is 0 Å². The average Bonchev–Trinajstić information content (AvgIpc) is 3.03. The lowest BCUT2D eigenvalue weighted by Gasteiger charge is -2.31. The number of methoxy groups -OCH3 is 1. The molecule has 4 heteroatoms. The van der Waals surface area contributed by atoms with E-state index >= 15 is 0 Å². The van der Waals surface area contributed by atoms with E-state index in [0.717, 1.165) is 55.7 Å². The molecule has 0 amide bonds. The molecule has 2 rings (SSSR count). The van der Waals surface area contributed by atoms with Crippen molar-refractivity contribution in [3.8, 4) is 0 Å². The third-order valence-electron chi connectivity index (χ3n) is 5.13. The van der Waals surface area contributed by atoms with Crippen molar-refractivity contribution in [2.75, 3.05) is 30.8 Å². The number of rotatable bonds is 7. The zero-order valence-corrected chi connectivity index (χ0v) is 16.5. The second-order valence-electron chi connectivity index (χ2n) is 8.25. The van der Waals surface area contributed by atoms with Crippen molar-refractivity contribution in [2.45, 2.75) is 58.8 Å². The van der Waals surface area contributed by atoms with Gasteiger partial charge >= 0.3 is 5.97 Å². The molecule has 0 saturated heterocycles. The van der Waals surface area contributed by atoms with Gasteiger partial charge in [-0.15, -0.1) is 0 Å². The standard InChI is InChI=1S/C21H34N2O2/c1-15(2)13-23(14-16(3)4)19-9-8-17(12-18(19)22)21(20(24)25-5)10-6-7-11-21/h8-9,12,15-16H,6-7,10-11,13-14,22H2,1-5H3. The van der Waals surface area contributed by atoms with Gasteiger partial charge in [0.2, 0.25) is 0 Å². The highest BCUT2D eigenvalue weighted by atomic mass is 16.5. The van der Waals surface area contributed by atoms with Gasteiger partial charge in [-0.1, -0.05) is 46.6 Å². The van der Waals surface area contributed by atoms with E-state index in [9.17, 15) is 4.79 Å². The molecular weight excluding hydrogens is 312 g/mol. The summed E-state index contributed by atoms with van der Waals surface area (Å²) < 4.78 is 5.12. The Bertz CT molecular complexity index is 580. The van der Waals surface area contributed by atoms with Crippen LogP contribution >= 0.6 is 0 Å². The third-order valence-corrected chi connectivity index (χ3v) is 5.13. The van der Waals surface area contributed by atoms with Crippen LogP contribution in [0.3, 0.4) is 0 Å². The molecule has 0 radical (unpaired) electrons. The lowest BCUT2D eigenvalue weighted by atomic mass is 9.78. The molecule has 1 fully saturated rings. The Morgan fingerprint density at radius 1 is 1.16 bits per heavy atom. The second-order valence-corrected chi connectivity index (χ2v) is 8.25. The van der Waals surface area contributed by atoms with Crippen molar-refractivity contribution in [3.63, 3.8) is 0 Å². The highest BCUT2D eigenvalue weighted by Gasteiger charge is 2.44. The SMILES string of the molecule is COC(=O)C1(c2ccc(N(CC(C)C)CC(C)C)c(N)c2)CCCC1. The monoisotopic (exact) mass is 346 g/mol. The lowest BCUT2D eigenvalue weighted by Crippen LogP contribution is -2.35. The van der Waals surface area contributed by atoms with Crippen LogP contribution in [0.5, 0.6) is 0 Å². The van der Waals surface area contributed by atoms with Gasteiger partial charge in [-0.3, -0.25) is 4.79 Å². The fourth-order valence-corrected chi connectivity index (χ4v) is 4.08. The molecule has 0 spiro atoms. The molecule has 2 N–H and O–H groups in total. The molecule has 4 nitrogen and oxygen atoms in total. The quantitative estimate of drug-likeness (QED) is 0.588. The average molecular weight is 347 g/mol. The van der Waals surface area contributed by atoms with Gasteiger partial charge in [-0.25, -0.2) is 0 Å². The molecular formula is C21H34N2O2. The van der Waals surface area contributed by atoms with E-state index in [0.29, 0.717) is 11.8 Å². The first-order chi connectivity index (χ1) is 11.8. The Balaban J connectivity index is 2.37. The predicted octanol–water partition coefficient (Wildman–Crippen LogP) is 4.37. The van der Waals surface area contributed by atoms with Gasteiger partial charge < -0.3 is 15.4 Å². The van der Waals surface area contributed by atoms with E-state index in [1.54, 1.807) is 0 Å². The van der Waals surface area contributed by atoms with Crippen molar-refractivity contribution < 1.29 is 9.53 Å². The van der Waals surface area contributed by atoms with E-state index in [-0.39, 0.29) is 5.97 Å². The topological polar surface area (TPSA) is 55.6 Å². The Morgan fingerprint density at radius 2 is 1.72 bits per heavy atom. The van der Waals surface area contributed by atoms with E-state index in [1.165, 1.54) is 7.11 Å². The highest BCUT2D eigenvalue weighted by molar-refractivity contribution is 5.85. The predicted molar refractivity (Wildman–Crippen MR) is 105 cm³/mol. The molecule has 0 unspecified atom stereocenters. The summed E-state index contributed by atoms with van der Waals surface area (Å²) in [6.45, 7) is 10.9. The molecule has 1 aromatic rings. The minimum atomic E-state index is -0.512. The molecule has 1 saturated carbocycles. The number of esters is 1. The summed E-state index contributed by atoms with van der Waals surface area (Å²) in [5, 5.41) is 0. The van der Waals surface area contributed by atoms with Crippen molar-refractivity contribution >= 4 is 17.3 Å². The second kappa shape index (κ2) is 8.11. The Labute approximate surface area is 152 Å². The van der Waals surface area contributed by atoms with Gasteiger partial charge in [0.15, 0.2) is 0 Å². The Hall–Kier alpha value is -1.71. The van der Waals surface area contributed by atoms with Gasteiger partial charge in [0.25, 0.3) is 0 Å². The van der Waals surface area contributed by atoms with E-state index in [2.05, 4.69) is 44.7 Å². The van der Waals surface area contributed by atoms with Crippen molar-refractivity contribution in [1.82, 2.24) is 0 Å². The molecule has 0 aliphatic heterocycles. The van der Waals surface area contributed by atoms with Gasteiger partial charge in [-0.05, 0) is 42.4 Å². The molecule has 25 heavy (non-hydrogen) atoms. The Kier molecular flexibility index (Phi) is 6.36. The van der Waals surface area contributed by atoms with Crippen LogP contribution in [-0.2, 0) is 14.9 Å². The number of benzene rings is 1. The third kappa shape index (κ3) is 4.28. The molecule has 140 valence electrons. The summed E-state index contributed by atoms with van der Waals surface area (Å²) >= 11 is 0. The summed E-state index contributed by atoms with van der Waals surface area (Å²) in [6, 6.07) is 6.19. The number of nitrogen functional groups attached to an aromatic ring is 1. The molecule has 0 heterocycles. The van der Waals surface area contributed by atoms with Crippen LogP contribution in [0.1, 0.15) is 58.9 Å². The molecule has 1 aliphatic carbocycles. The number of carbonyl (C=O) groups is 1. The highest BCUT2D eigenvalue weighted by Crippen LogP contribution is 2.43. The fourth-order valence-electron chi connectivity index (χ4n) is 4.08. The van der Waals surface area contributed by atoms with Crippen LogP contribution in [0.2, 0.25) is 0 Å².